The molecule has 0 radical (unpaired) electrons. The van der Waals surface area contributed by atoms with Crippen LogP contribution in [0.5, 0.6) is 28.7 Å². The van der Waals surface area contributed by atoms with Gasteiger partial charge in [0.15, 0.2) is 18.1 Å². The van der Waals surface area contributed by atoms with Gasteiger partial charge in [0.2, 0.25) is 12.6 Å². The molecular formula is C28H27N5O7. The van der Waals surface area contributed by atoms with Gasteiger partial charge in [-0.05, 0) is 60.0 Å². The largest absolute Gasteiger partial charge is 0.497 e. The van der Waals surface area contributed by atoms with Crippen LogP contribution in [-0.2, 0) is 11.4 Å². The Hall–Kier alpha value is -4.84. The topological polar surface area (TPSA) is 141 Å². The molecule has 0 spiro atoms. The van der Waals surface area contributed by atoms with Crippen molar-refractivity contribution in [3.63, 3.8) is 0 Å². The van der Waals surface area contributed by atoms with E-state index in [4.69, 9.17) is 23.7 Å². The molecule has 2 aliphatic rings. The summed E-state index contributed by atoms with van der Waals surface area (Å²) in [7, 11) is 1.57. The second-order valence-corrected chi connectivity index (χ2v) is 9.23. The van der Waals surface area contributed by atoms with E-state index in [1.165, 1.54) is 0 Å². The number of aromatic nitrogens is 4. The van der Waals surface area contributed by atoms with Gasteiger partial charge < -0.3 is 28.8 Å². The van der Waals surface area contributed by atoms with Gasteiger partial charge in [-0.25, -0.2) is 0 Å². The van der Waals surface area contributed by atoms with Crippen LogP contribution in [0, 0.1) is 0 Å². The number of rotatable bonds is 10. The van der Waals surface area contributed by atoms with E-state index in [0.29, 0.717) is 41.2 Å². The number of nitrogens with zero attached hydrogens (tertiary/aromatic N) is 4. The first-order chi connectivity index (χ1) is 19.6. The second-order valence-electron chi connectivity index (χ2n) is 9.23. The quantitative estimate of drug-likeness (QED) is 0.302. The highest BCUT2D eigenvalue weighted by atomic mass is 16.7. The lowest BCUT2D eigenvalue weighted by molar-refractivity contribution is -0.139. The van der Waals surface area contributed by atoms with Crippen LogP contribution in [0.15, 0.2) is 54.6 Å². The average molecular weight is 546 g/mol. The number of benzene rings is 3. The maximum absolute atomic E-state index is 12.3. The fraction of sp³-hybridized carbons (Fsp3) is 0.286. The van der Waals surface area contributed by atoms with Gasteiger partial charge >= 0.3 is 5.97 Å². The molecule has 0 unspecified atom stereocenters. The van der Waals surface area contributed by atoms with Crippen LogP contribution in [0.3, 0.4) is 0 Å². The van der Waals surface area contributed by atoms with Crippen molar-refractivity contribution >= 4 is 5.97 Å². The minimum Gasteiger partial charge on any atom is -0.497 e. The number of aromatic amines is 1. The molecule has 12 nitrogen and oxygen atoms in total. The van der Waals surface area contributed by atoms with Gasteiger partial charge in [0, 0.05) is 11.6 Å². The van der Waals surface area contributed by atoms with E-state index in [-0.39, 0.29) is 19.9 Å². The molecule has 0 bridgehead atoms. The van der Waals surface area contributed by atoms with E-state index >= 15 is 0 Å². The summed E-state index contributed by atoms with van der Waals surface area (Å²) in [4.78, 5) is 14.2. The van der Waals surface area contributed by atoms with Crippen LogP contribution in [0.1, 0.15) is 47.1 Å². The Balaban J connectivity index is 1.50. The Bertz CT molecular complexity index is 1530. The smallest absolute Gasteiger partial charge is 0.317 e. The number of H-pyrrole nitrogens is 1. The minimum absolute atomic E-state index is 0.0553. The van der Waals surface area contributed by atoms with Crippen molar-refractivity contribution in [2.24, 2.45) is 0 Å². The zero-order valence-corrected chi connectivity index (χ0v) is 21.9. The van der Waals surface area contributed by atoms with Gasteiger partial charge in [0.25, 0.3) is 0 Å². The lowest BCUT2D eigenvalue weighted by Crippen LogP contribution is -2.33. The van der Waals surface area contributed by atoms with Crippen molar-refractivity contribution in [2.75, 3.05) is 27.1 Å². The Labute approximate surface area is 229 Å². The third-order valence-corrected chi connectivity index (χ3v) is 6.91. The van der Waals surface area contributed by atoms with Crippen LogP contribution in [-0.4, -0.2) is 63.7 Å². The van der Waals surface area contributed by atoms with Crippen molar-refractivity contribution in [3.05, 3.63) is 82.7 Å². The fourth-order valence-electron chi connectivity index (χ4n) is 5.32. The number of aliphatic carboxylic acids is 1. The van der Waals surface area contributed by atoms with E-state index in [1.54, 1.807) is 13.2 Å². The molecule has 1 aromatic heterocycles. The maximum atomic E-state index is 12.3. The molecule has 0 fully saturated rings. The van der Waals surface area contributed by atoms with Gasteiger partial charge in [0.1, 0.15) is 17.2 Å². The molecule has 2 atom stereocenters. The SMILES string of the molecule is CCOc1ccc2c(c1)[C@H](c1ccc(OC)cc1OCc1nn[nH]n1)N(CC(=O)O)[C@@H]2c1ccc2c(c1)OCO2. The Morgan fingerprint density at radius 1 is 1.00 bits per heavy atom. The average Bonchev–Trinajstić information content (AvgIpc) is 3.70. The lowest BCUT2D eigenvalue weighted by atomic mass is 9.94. The first kappa shape index (κ1) is 25.4. The van der Waals surface area contributed by atoms with Gasteiger partial charge in [-0.2, -0.15) is 5.21 Å². The van der Waals surface area contributed by atoms with Gasteiger partial charge in [0.05, 0.1) is 32.3 Å². The predicted octanol–water partition coefficient (Wildman–Crippen LogP) is 3.49. The number of nitrogens with one attached hydrogen (secondary N) is 1. The predicted molar refractivity (Wildman–Crippen MR) is 140 cm³/mol. The minimum atomic E-state index is -0.962. The highest BCUT2D eigenvalue weighted by Crippen LogP contribution is 2.52. The highest BCUT2D eigenvalue weighted by molar-refractivity contribution is 5.70. The first-order valence-electron chi connectivity index (χ1n) is 12.7. The summed E-state index contributed by atoms with van der Waals surface area (Å²) >= 11 is 0. The molecule has 4 aromatic rings. The number of tetrazole rings is 1. The molecule has 2 aliphatic heterocycles. The second kappa shape index (κ2) is 10.7. The molecule has 3 heterocycles. The standard InChI is InChI=1S/C28H27N5O7/c1-3-37-18-6-7-19-21(11-18)28(20-8-5-17(36-2)12-23(20)38-14-25-29-31-32-30-25)33(13-26(34)35)27(19)16-4-9-22-24(10-16)40-15-39-22/h4-12,27-28H,3,13-15H2,1-2H3,(H,34,35)(H,29,30,31,32)/t27-,28+/m1/s1. The van der Waals surface area contributed by atoms with E-state index in [0.717, 1.165) is 22.3 Å². The van der Waals surface area contributed by atoms with Crippen LogP contribution in [0.25, 0.3) is 0 Å². The molecule has 6 rings (SSSR count). The third kappa shape index (κ3) is 4.73. The Kier molecular flexibility index (Phi) is 6.83. The zero-order chi connectivity index (χ0) is 27.6. The first-order valence-corrected chi connectivity index (χ1v) is 12.7. The summed E-state index contributed by atoms with van der Waals surface area (Å²) in [5, 5.41) is 24.0. The molecule has 3 aromatic carbocycles. The molecule has 0 amide bonds. The molecule has 206 valence electrons. The summed E-state index contributed by atoms with van der Waals surface area (Å²) in [6.45, 7) is 2.38. The van der Waals surface area contributed by atoms with Crippen molar-refractivity contribution in [3.8, 4) is 28.7 Å². The monoisotopic (exact) mass is 545 g/mol. The molecule has 2 N–H and O–H groups in total. The van der Waals surface area contributed by atoms with E-state index in [9.17, 15) is 9.90 Å². The summed E-state index contributed by atoms with van der Waals surface area (Å²) < 4.78 is 28.7. The number of carboxylic acids is 1. The number of hydrogen-bond acceptors (Lipinski definition) is 10. The normalized spacial score (nSPS) is 17.4. The highest BCUT2D eigenvalue weighted by Gasteiger charge is 2.43. The molecule has 12 heteroatoms. The zero-order valence-electron chi connectivity index (χ0n) is 21.9. The van der Waals surface area contributed by atoms with Gasteiger partial charge in [-0.15, -0.1) is 10.2 Å². The summed E-state index contributed by atoms with van der Waals surface area (Å²) in [6.07, 6.45) is 0. The van der Waals surface area contributed by atoms with Crippen LogP contribution >= 0.6 is 0 Å². The summed E-state index contributed by atoms with van der Waals surface area (Å²) in [5.74, 6) is 2.47. The van der Waals surface area contributed by atoms with Crippen LogP contribution < -0.4 is 23.7 Å². The van der Waals surface area contributed by atoms with E-state index in [2.05, 4.69) is 20.6 Å². The Morgan fingerprint density at radius 2 is 1.82 bits per heavy atom. The number of carbonyl (C=O) groups is 1. The maximum Gasteiger partial charge on any atom is 0.317 e. The molecule has 0 saturated heterocycles. The number of hydrogen-bond donors (Lipinski definition) is 2. The lowest BCUT2D eigenvalue weighted by Gasteiger charge is -2.31. The molecule has 0 saturated carbocycles. The number of methoxy groups -OCH3 is 1. The van der Waals surface area contributed by atoms with Gasteiger partial charge in [-0.1, -0.05) is 17.3 Å². The summed E-state index contributed by atoms with van der Waals surface area (Å²) in [5.41, 5.74) is 3.49. The number of carboxylic acid groups (broad SMARTS) is 1. The van der Waals surface area contributed by atoms with Crippen molar-refractivity contribution in [1.82, 2.24) is 25.5 Å². The van der Waals surface area contributed by atoms with E-state index < -0.39 is 18.1 Å². The van der Waals surface area contributed by atoms with E-state index in [1.807, 2.05) is 60.4 Å². The molecule has 0 aliphatic carbocycles. The number of ether oxygens (including phenoxy) is 5. The summed E-state index contributed by atoms with van der Waals surface area (Å²) in [6, 6.07) is 16.2. The van der Waals surface area contributed by atoms with Crippen LogP contribution in [0.4, 0.5) is 0 Å². The number of fused-ring (bicyclic) bond motifs is 2. The fourth-order valence-corrected chi connectivity index (χ4v) is 5.32. The van der Waals surface area contributed by atoms with Gasteiger partial charge in [-0.3, -0.25) is 9.69 Å². The van der Waals surface area contributed by atoms with Crippen molar-refractivity contribution in [1.29, 1.82) is 0 Å². The van der Waals surface area contributed by atoms with Crippen LogP contribution in [0.2, 0.25) is 0 Å². The van der Waals surface area contributed by atoms with Crippen molar-refractivity contribution in [2.45, 2.75) is 25.6 Å². The Morgan fingerprint density at radius 3 is 2.60 bits per heavy atom. The third-order valence-electron chi connectivity index (χ3n) is 6.91. The van der Waals surface area contributed by atoms with Crippen molar-refractivity contribution < 1.29 is 33.6 Å². The molecular weight excluding hydrogens is 518 g/mol. The molecule has 40 heavy (non-hydrogen) atoms.